The zero-order valence-electron chi connectivity index (χ0n) is 14.0. The molecule has 2 aromatic carbocycles. The maximum absolute atomic E-state index is 12.9. The van der Waals surface area contributed by atoms with Crippen LogP contribution < -0.4 is 4.72 Å². The van der Waals surface area contributed by atoms with Gasteiger partial charge in [0, 0.05) is 5.56 Å². The first-order chi connectivity index (χ1) is 11.1. The normalized spacial score (nSPS) is 12.2. The highest BCUT2D eigenvalue weighted by atomic mass is 32.2. The van der Waals surface area contributed by atoms with E-state index in [1.165, 1.54) is 6.92 Å². The Labute approximate surface area is 141 Å². The zero-order valence-corrected chi connectivity index (χ0v) is 14.8. The molecule has 24 heavy (non-hydrogen) atoms. The Bertz CT molecular complexity index is 875. The molecule has 0 saturated heterocycles. The molecular weight excluding hydrogens is 328 g/mol. The highest BCUT2D eigenvalue weighted by Gasteiger charge is 2.34. The Balaban J connectivity index is 2.57. The van der Waals surface area contributed by atoms with Gasteiger partial charge in [-0.25, -0.2) is 13.1 Å². The average Bonchev–Trinajstić information content (AvgIpc) is 2.48. The van der Waals surface area contributed by atoms with Crippen LogP contribution in [0.2, 0.25) is 0 Å². The van der Waals surface area contributed by atoms with E-state index in [1.807, 2.05) is 18.2 Å². The average molecular weight is 348 g/mol. The Morgan fingerprint density at radius 1 is 1.00 bits per heavy atom. The van der Waals surface area contributed by atoms with Crippen molar-refractivity contribution in [2.45, 2.75) is 38.1 Å². The summed E-state index contributed by atoms with van der Waals surface area (Å²) in [5.41, 5.74) is 0.115. The number of nitrogens with zero attached hydrogens (tertiary/aromatic N) is 1. The summed E-state index contributed by atoms with van der Waals surface area (Å²) < 4.78 is 28.4. The van der Waals surface area contributed by atoms with Crippen LogP contribution in [0.25, 0.3) is 0 Å². The number of nitro benzene ring substituents is 1. The van der Waals surface area contributed by atoms with E-state index in [2.05, 4.69) is 4.72 Å². The van der Waals surface area contributed by atoms with Gasteiger partial charge >= 0.3 is 0 Å². The maximum Gasteiger partial charge on any atom is 0.292 e. The molecule has 0 aliphatic rings. The monoisotopic (exact) mass is 348 g/mol. The summed E-state index contributed by atoms with van der Waals surface area (Å²) in [7, 11) is -4.09. The number of benzene rings is 2. The van der Waals surface area contributed by atoms with Gasteiger partial charge in [-0.05, 0) is 38.8 Å². The summed E-state index contributed by atoms with van der Waals surface area (Å²) in [5, 5.41) is 11.4. The fourth-order valence-electron chi connectivity index (χ4n) is 2.64. The molecule has 0 heterocycles. The minimum absolute atomic E-state index is 0.281. The summed E-state index contributed by atoms with van der Waals surface area (Å²) in [6, 6.07) is 12.2. The molecule has 0 atom stereocenters. The minimum Gasteiger partial charge on any atom is -0.258 e. The van der Waals surface area contributed by atoms with Crippen LogP contribution in [-0.2, 0) is 15.6 Å². The molecule has 0 amide bonds. The van der Waals surface area contributed by atoms with Crippen LogP contribution in [0.3, 0.4) is 0 Å². The molecule has 6 nitrogen and oxygen atoms in total. The highest BCUT2D eigenvalue weighted by molar-refractivity contribution is 7.89. The van der Waals surface area contributed by atoms with Crippen molar-refractivity contribution in [3.05, 3.63) is 69.3 Å². The van der Waals surface area contributed by atoms with Gasteiger partial charge in [-0.15, -0.1) is 0 Å². The molecular formula is C17H20N2O4S. The predicted molar refractivity (Wildman–Crippen MR) is 92.4 cm³/mol. The second kappa shape index (κ2) is 6.33. The Morgan fingerprint density at radius 3 is 2.08 bits per heavy atom. The molecule has 2 rings (SSSR count). The summed E-state index contributed by atoms with van der Waals surface area (Å²) in [6.07, 6.45) is 0. The summed E-state index contributed by atoms with van der Waals surface area (Å²) in [6.45, 7) is 6.52. The first kappa shape index (κ1) is 18.1. The van der Waals surface area contributed by atoms with Crippen LogP contribution in [0.5, 0.6) is 0 Å². The smallest absolute Gasteiger partial charge is 0.258 e. The summed E-state index contributed by atoms with van der Waals surface area (Å²) in [4.78, 5) is 10.5. The fraction of sp³-hybridized carbons (Fsp3) is 0.294. The minimum atomic E-state index is -4.09. The molecule has 0 radical (unpaired) electrons. The molecule has 0 saturated carbocycles. The van der Waals surface area contributed by atoms with E-state index in [4.69, 9.17) is 0 Å². The highest BCUT2D eigenvalue weighted by Crippen LogP contribution is 2.32. The van der Waals surface area contributed by atoms with E-state index in [-0.39, 0.29) is 10.6 Å². The van der Waals surface area contributed by atoms with Gasteiger partial charge in [-0.2, -0.15) is 0 Å². The van der Waals surface area contributed by atoms with E-state index in [9.17, 15) is 18.5 Å². The first-order valence-corrected chi connectivity index (χ1v) is 8.88. The second-order valence-electron chi connectivity index (χ2n) is 6.23. The zero-order chi connectivity index (χ0) is 18.1. The van der Waals surface area contributed by atoms with Crippen LogP contribution in [0.15, 0.2) is 47.4 Å². The third-order valence-corrected chi connectivity index (χ3v) is 5.70. The molecule has 0 aliphatic carbocycles. The summed E-state index contributed by atoms with van der Waals surface area (Å²) >= 11 is 0. The van der Waals surface area contributed by atoms with Crippen molar-refractivity contribution in [3.8, 4) is 0 Å². The fourth-order valence-corrected chi connectivity index (χ4v) is 4.51. The molecule has 0 bridgehead atoms. The second-order valence-corrected chi connectivity index (χ2v) is 7.85. The lowest BCUT2D eigenvalue weighted by Crippen LogP contribution is -2.41. The van der Waals surface area contributed by atoms with Crippen LogP contribution in [0, 0.1) is 24.0 Å². The van der Waals surface area contributed by atoms with E-state index < -0.39 is 20.5 Å². The molecule has 7 heteroatoms. The lowest BCUT2D eigenvalue weighted by molar-refractivity contribution is -0.388. The lowest BCUT2D eigenvalue weighted by atomic mass is 9.96. The van der Waals surface area contributed by atoms with Gasteiger partial charge in [0.2, 0.25) is 10.0 Å². The third-order valence-electron chi connectivity index (χ3n) is 3.87. The number of hydrogen-bond acceptors (Lipinski definition) is 4. The number of nitrogens with one attached hydrogen (secondary N) is 1. The molecule has 0 unspecified atom stereocenters. The van der Waals surface area contributed by atoms with E-state index in [0.29, 0.717) is 11.1 Å². The van der Waals surface area contributed by atoms with Crippen molar-refractivity contribution in [1.82, 2.24) is 4.72 Å². The van der Waals surface area contributed by atoms with Crippen molar-refractivity contribution < 1.29 is 13.3 Å². The molecule has 2 aromatic rings. The van der Waals surface area contributed by atoms with E-state index in [1.54, 1.807) is 45.0 Å². The maximum atomic E-state index is 12.9. The molecule has 128 valence electrons. The number of aryl methyl sites for hydroxylation is 2. The van der Waals surface area contributed by atoms with Crippen molar-refractivity contribution in [2.24, 2.45) is 0 Å². The topological polar surface area (TPSA) is 89.3 Å². The van der Waals surface area contributed by atoms with Crippen molar-refractivity contribution in [2.75, 3.05) is 0 Å². The predicted octanol–water partition coefficient (Wildman–Crippen LogP) is 3.43. The number of nitro groups is 1. The van der Waals surface area contributed by atoms with Crippen molar-refractivity contribution >= 4 is 15.7 Å². The molecule has 0 spiro atoms. The van der Waals surface area contributed by atoms with Gasteiger partial charge in [0.25, 0.3) is 5.69 Å². The molecule has 0 aromatic heterocycles. The Kier molecular flexibility index (Phi) is 4.77. The van der Waals surface area contributed by atoms with Crippen molar-refractivity contribution in [3.63, 3.8) is 0 Å². The van der Waals surface area contributed by atoms with Crippen LogP contribution >= 0.6 is 0 Å². The first-order valence-electron chi connectivity index (χ1n) is 7.40. The van der Waals surface area contributed by atoms with E-state index >= 15 is 0 Å². The Morgan fingerprint density at radius 2 is 1.54 bits per heavy atom. The number of sulfonamides is 1. The van der Waals surface area contributed by atoms with Crippen LogP contribution in [0.1, 0.15) is 30.5 Å². The molecule has 0 fully saturated rings. The standard InChI is InChI=1S/C17H20N2O4S/c1-12-10-11-13(2)16(15(12)19(20)21)24(22,23)18-17(3,4)14-8-6-5-7-9-14/h5-11,18H,1-4H3. The van der Waals surface area contributed by atoms with Gasteiger partial charge in [-0.1, -0.05) is 42.5 Å². The van der Waals surface area contributed by atoms with Gasteiger partial charge in [-0.3, -0.25) is 10.1 Å². The van der Waals surface area contributed by atoms with Crippen molar-refractivity contribution in [1.29, 1.82) is 0 Å². The third kappa shape index (κ3) is 3.47. The lowest BCUT2D eigenvalue weighted by Gasteiger charge is -2.27. The Hall–Kier alpha value is -2.25. The van der Waals surface area contributed by atoms with Gasteiger partial charge < -0.3 is 0 Å². The van der Waals surface area contributed by atoms with Crippen LogP contribution in [0.4, 0.5) is 5.69 Å². The molecule has 0 aliphatic heterocycles. The van der Waals surface area contributed by atoms with Gasteiger partial charge in [0.05, 0.1) is 10.5 Å². The van der Waals surface area contributed by atoms with Gasteiger partial charge in [0.1, 0.15) is 0 Å². The quantitative estimate of drug-likeness (QED) is 0.662. The SMILES string of the molecule is Cc1ccc(C)c(S(=O)(=O)NC(C)(C)c2ccccc2)c1[N+](=O)[O-]. The summed E-state index contributed by atoms with van der Waals surface area (Å²) in [5.74, 6) is 0. The van der Waals surface area contributed by atoms with Crippen LogP contribution in [-0.4, -0.2) is 13.3 Å². The molecule has 1 N–H and O–H groups in total. The van der Waals surface area contributed by atoms with Gasteiger partial charge in [0.15, 0.2) is 4.90 Å². The number of rotatable bonds is 5. The van der Waals surface area contributed by atoms with E-state index in [0.717, 1.165) is 5.56 Å². The number of hydrogen-bond donors (Lipinski definition) is 1. The largest absolute Gasteiger partial charge is 0.292 e.